The van der Waals surface area contributed by atoms with E-state index >= 15 is 0 Å². The predicted octanol–water partition coefficient (Wildman–Crippen LogP) is 5.36. The van der Waals surface area contributed by atoms with E-state index in [1.54, 1.807) is 6.07 Å². The number of hydrogen-bond donors (Lipinski definition) is 1. The zero-order valence-corrected chi connectivity index (χ0v) is 13.4. The molecule has 0 amide bonds. The van der Waals surface area contributed by atoms with E-state index in [9.17, 15) is 4.39 Å². The quantitative estimate of drug-likeness (QED) is 0.802. The normalized spacial score (nSPS) is 13.2. The average molecular weight is 306 g/mol. The van der Waals surface area contributed by atoms with Gasteiger partial charge in [0.25, 0.3) is 0 Å². The molecule has 0 aliphatic heterocycles. The van der Waals surface area contributed by atoms with Crippen molar-refractivity contribution >= 4 is 11.6 Å². The lowest BCUT2D eigenvalue weighted by atomic mass is 9.82. The summed E-state index contributed by atoms with van der Waals surface area (Å²) in [5.41, 5.74) is 2.19. The largest absolute Gasteiger partial charge is 0.305 e. The van der Waals surface area contributed by atoms with Gasteiger partial charge in [0, 0.05) is 12.6 Å². The molecular weight excluding hydrogens is 285 g/mol. The number of nitrogens with one attached hydrogen (secondary N) is 1. The van der Waals surface area contributed by atoms with Crippen LogP contribution < -0.4 is 5.32 Å². The third-order valence-corrected chi connectivity index (χ3v) is 3.80. The van der Waals surface area contributed by atoms with Crippen molar-refractivity contribution in [3.8, 4) is 0 Å². The average Bonchev–Trinajstić information content (AvgIpc) is 2.43. The number of hydrogen-bond acceptors (Lipinski definition) is 1. The Bertz CT molecular complexity index is 590. The first-order valence-corrected chi connectivity index (χ1v) is 7.48. The van der Waals surface area contributed by atoms with Crippen LogP contribution in [-0.2, 0) is 6.54 Å². The van der Waals surface area contributed by atoms with Crippen molar-refractivity contribution in [2.24, 2.45) is 5.41 Å². The predicted molar refractivity (Wildman–Crippen MR) is 86.9 cm³/mol. The molecule has 2 aromatic carbocycles. The van der Waals surface area contributed by atoms with Crippen molar-refractivity contribution in [2.75, 3.05) is 0 Å². The minimum Gasteiger partial charge on any atom is -0.305 e. The van der Waals surface area contributed by atoms with Crippen LogP contribution in [0.3, 0.4) is 0 Å². The maximum absolute atomic E-state index is 13.5. The fraction of sp³-hybridized carbons (Fsp3) is 0.333. The van der Waals surface area contributed by atoms with Crippen LogP contribution in [-0.4, -0.2) is 0 Å². The summed E-state index contributed by atoms with van der Waals surface area (Å²) in [6, 6.07) is 15.5. The lowest BCUT2D eigenvalue weighted by Crippen LogP contribution is -2.32. The molecule has 0 aliphatic rings. The minimum atomic E-state index is -0.372. The Hall–Kier alpha value is -1.38. The molecule has 2 rings (SSSR count). The minimum absolute atomic E-state index is 0.0618. The Balaban J connectivity index is 2.15. The highest BCUT2D eigenvalue weighted by Crippen LogP contribution is 2.33. The third-order valence-electron chi connectivity index (χ3n) is 3.49. The SMILES string of the molecule is CC(C)(C)C(NCc1ccc(Cl)c(F)c1)c1ccccc1. The van der Waals surface area contributed by atoms with Crippen molar-refractivity contribution in [2.45, 2.75) is 33.4 Å². The van der Waals surface area contributed by atoms with Crippen LogP contribution in [0, 0.1) is 11.2 Å². The first-order chi connectivity index (χ1) is 9.88. The number of halogens is 2. The first-order valence-electron chi connectivity index (χ1n) is 7.10. The van der Waals surface area contributed by atoms with Gasteiger partial charge < -0.3 is 5.32 Å². The monoisotopic (exact) mass is 305 g/mol. The van der Waals surface area contributed by atoms with E-state index in [4.69, 9.17) is 11.6 Å². The van der Waals surface area contributed by atoms with Crippen molar-refractivity contribution in [3.05, 3.63) is 70.5 Å². The van der Waals surface area contributed by atoms with Crippen LogP contribution in [0.4, 0.5) is 4.39 Å². The van der Waals surface area contributed by atoms with Gasteiger partial charge in [0.1, 0.15) is 5.82 Å². The van der Waals surface area contributed by atoms with E-state index in [1.807, 2.05) is 24.3 Å². The summed E-state index contributed by atoms with van der Waals surface area (Å²) in [4.78, 5) is 0. The smallest absolute Gasteiger partial charge is 0.142 e. The van der Waals surface area contributed by atoms with Crippen LogP contribution in [0.2, 0.25) is 5.02 Å². The maximum Gasteiger partial charge on any atom is 0.142 e. The van der Waals surface area contributed by atoms with Crippen LogP contribution >= 0.6 is 11.6 Å². The highest BCUT2D eigenvalue weighted by atomic mass is 35.5. The molecule has 3 heteroatoms. The van der Waals surface area contributed by atoms with Crippen LogP contribution in [0.25, 0.3) is 0 Å². The molecule has 112 valence electrons. The number of benzene rings is 2. The molecule has 0 heterocycles. The Morgan fingerprint density at radius 1 is 1.10 bits per heavy atom. The standard InChI is InChI=1S/C18H21ClFN/c1-18(2,3)17(14-7-5-4-6-8-14)21-12-13-9-10-15(19)16(20)11-13/h4-11,17,21H,12H2,1-3H3. The van der Waals surface area contributed by atoms with Gasteiger partial charge in [-0.2, -0.15) is 0 Å². The Kier molecular flexibility index (Phi) is 5.02. The molecule has 0 saturated carbocycles. The van der Waals surface area contributed by atoms with Crippen molar-refractivity contribution in [3.63, 3.8) is 0 Å². The molecule has 2 aromatic rings. The summed E-state index contributed by atoms with van der Waals surface area (Å²) >= 11 is 5.72. The summed E-state index contributed by atoms with van der Waals surface area (Å²) in [6.07, 6.45) is 0. The van der Waals surface area contributed by atoms with E-state index in [1.165, 1.54) is 11.6 Å². The second-order valence-electron chi connectivity index (χ2n) is 6.34. The summed E-state index contributed by atoms with van der Waals surface area (Å²) in [5.74, 6) is -0.372. The molecule has 0 fully saturated rings. The van der Waals surface area contributed by atoms with Crippen molar-refractivity contribution in [1.29, 1.82) is 0 Å². The zero-order chi connectivity index (χ0) is 15.5. The van der Waals surface area contributed by atoms with Gasteiger partial charge in [-0.3, -0.25) is 0 Å². The van der Waals surface area contributed by atoms with E-state index < -0.39 is 0 Å². The Morgan fingerprint density at radius 3 is 2.33 bits per heavy atom. The highest BCUT2D eigenvalue weighted by molar-refractivity contribution is 6.30. The van der Waals surface area contributed by atoms with Gasteiger partial charge >= 0.3 is 0 Å². The fourth-order valence-electron chi connectivity index (χ4n) is 2.44. The van der Waals surface area contributed by atoms with Gasteiger partial charge in [-0.05, 0) is 28.7 Å². The van der Waals surface area contributed by atoms with Gasteiger partial charge in [0.2, 0.25) is 0 Å². The molecule has 21 heavy (non-hydrogen) atoms. The van der Waals surface area contributed by atoms with Gasteiger partial charge in [0.15, 0.2) is 0 Å². The Labute approximate surface area is 131 Å². The van der Waals surface area contributed by atoms with Crippen LogP contribution in [0.5, 0.6) is 0 Å². The molecule has 0 spiro atoms. The second-order valence-corrected chi connectivity index (χ2v) is 6.75. The molecule has 0 saturated heterocycles. The van der Waals surface area contributed by atoms with Crippen LogP contribution in [0.1, 0.15) is 37.9 Å². The molecule has 1 atom stereocenters. The molecule has 0 radical (unpaired) electrons. The summed E-state index contributed by atoms with van der Waals surface area (Å²) in [6.45, 7) is 7.19. The summed E-state index contributed by atoms with van der Waals surface area (Å²) in [5, 5.41) is 3.69. The van der Waals surface area contributed by atoms with Crippen molar-refractivity contribution in [1.82, 2.24) is 5.32 Å². The van der Waals surface area contributed by atoms with Gasteiger partial charge in [-0.1, -0.05) is 68.8 Å². The lowest BCUT2D eigenvalue weighted by Gasteiger charge is -2.32. The molecule has 0 bridgehead atoms. The maximum atomic E-state index is 13.5. The molecule has 1 nitrogen and oxygen atoms in total. The molecule has 1 unspecified atom stereocenters. The Morgan fingerprint density at radius 2 is 1.76 bits per heavy atom. The van der Waals surface area contributed by atoms with E-state index in [0.717, 1.165) is 5.56 Å². The number of rotatable bonds is 4. The topological polar surface area (TPSA) is 12.0 Å². The van der Waals surface area contributed by atoms with Gasteiger partial charge in [-0.15, -0.1) is 0 Å². The molecular formula is C18H21ClFN. The van der Waals surface area contributed by atoms with Crippen LogP contribution in [0.15, 0.2) is 48.5 Å². The highest BCUT2D eigenvalue weighted by Gasteiger charge is 2.25. The van der Waals surface area contributed by atoms with Crippen molar-refractivity contribution < 1.29 is 4.39 Å². The molecule has 0 aromatic heterocycles. The lowest BCUT2D eigenvalue weighted by molar-refractivity contribution is 0.271. The van der Waals surface area contributed by atoms with E-state index in [-0.39, 0.29) is 22.3 Å². The molecule has 0 aliphatic carbocycles. The van der Waals surface area contributed by atoms with Gasteiger partial charge in [0.05, 0.1) is 5.02 Å². The van der Waals surface area contributed by atoms with Gasteiger partial charge in [-0.25, -0.2) is 4.39 Å². The molecule has 1 N–H and O–H groups in total. The van der Waals surface area contributed by atoms with E-state index in [2.05, 4.69) is 38.2 Å². The zero-order valence-electron chi connectivity index (χ0n) is 12.7. The summed E-state index contributed by atoms with van der Waals surface area (Å²) in [7, 11) is 0. The second kappa shape index (κ2) is 6.59. The van der Waals surface area contributed by atoms with E-state index in [0.29, 0.717) is 6.54 Å². The fourth-order valence-corrected chi connectivity index (χ4v) is 2.56. The third kappa shape index (κ3) is 4.29. The first kappa shape index (κ1) is 16.0. The summed E-state index contributed by atoms with van der Waals surface area (Å²) < 4.78 is 13.5.